The van der Waals surface area contributed by atoms with Gasteiger partial charge in [-0.3, -0.25) is 0 Å². The first-order chi connectivity index (χ1) is 11.3. The van der Waals surface area contributed by atoms with Crippen LogP contribution in [0.2, 0.25) is 10.0 Å². The Morgan fingerprint density at radius 3 is 2.33 bits per heavy atom. The highest BCUT2D eigenvalue weighted by Gasteiger charge is 2.29. The Morgan fingerprint density at radius 2 is 1.75 bits per heavy atom. The van der Waals surface area contributed by atoms with Crippen LogP contribution >= 0.6 is 23.2 Å². The molecule has 1 unspecified atom stereocenters. The van der Waals surface area contributed by atoms with Crippen molar-refractivity contribution in [1.29, 1.82) is 0 Å². The molecule has 0 bridgehead atoms. The van der Waals surface area contributed by atoms with E-state index in [0.29, 0.717) is 16.1 Å². The number of aryl methyl sites for hydroxylation is 1. The van der Waals surface area contributed by atoms with Gasteiger partial charge in [-0.15, -0.1) is 0 Å². The van der Waals surface area contributed by atoms with Crippen LogP contribution in [-0.4, -0.2) is 21.5 Å². The van der Waals surface area contributed by atoms with Gasteiger partial charge in [-0.1, -0.05) is 53.5 Å². The summed E-state index contributed by atoms with van der Waals surface area (Å²) >= 11 is 11.9. The summed E-state index contributed by atoms with van der Waals surface area (Å²) in [5, 5.41) is 0.321. The maximum atomic E-state index is 12.7. The number of carbonyl (C=O) groups is 1. The minimum atomic E-state index is -4.07. The number of sulfonamides is 1. The average Bonchev–Trinajstić information content (AvgIpc) is 2.56. The van der Waals surface area contributed by atoms with E-state index in [1.165, 1.54) is 19.2 Å². The topological polar surface area (TPSA) is 72.5 Å². The van der Waals surface area contributed by atoms with Gasteiger partial charge in [-0.2, -0.15) is 4.72 Å². The number of ether oxygens (including phenoxy) is 1. The molecule has 0 aliphatic heterocycles. The van der Waals surface area contributed by atoms with Crippen molar-refractivity contribution in [3.05, 3.63) is 63.6 Å². The summed E-state index contributed by atoms with van der Waals surface area (Å²) in [4.78, 5) is 11.9. The number of esters is 1. The van der Waals surface area contributed by atoms with Crippen LogP contribution in [0.5, 0.6) is 0 Å². The fraction of sp³-hybridized carbons (Fsp3) is 0.188. The van der Waals surface area contributed by atoms with Crippen LogP contribution in [0.25, 0.3) is 0 Å². The molecule has 8 heteroatoms. The molecule has 0 heterocycles. The zero-order valence-electron chi connectivity index (χ0n) is 12.9. The van der Waals surface area contributed by atoms with Gasteiger partial charge in [0.15, 0.2) is 0 Å². The van der Waals surface area contributed by atoms with Crippen molar-refractivity contribution in [3.63, 3.8) is 0 Å². The highest BCUT2D eigenvalue weighted by molar-refractivity contribution is 7.89. The van der Waals surface area contributed by atoms with Crippen LogP contribution in [0, 0.1) is 6.92 Å². The summed E-state index contributed by atoms with van der Waals surface area (Å²) in [6, 6.07) is 9.91. The fourth-order valence-electron chi connectivity index (χ4n) is 2.07. The molecule has 24 heavy (non-hydrogen) atoms. The molecule has 2 aromatic rings. The van der Waals surface area contributed by atoms with Gasteiger partial charge >= 0.3 is 5.97 Å². The first kappa shape index (κ1) is 18.7. The number of hydrogen-bond acceptors (Lipinski definition) is 4. The van der Waals surface area contributed by atoms with Crippen molar-refractivity contribution >= 4 is 39.2 Å². The van der Waals surface area contributed by atoms with E-state index in [4.69, 9.17) is 27.9 Å². The molecule has 0 aliphatic carbocycles. The molecule has 2 aromatic carbocycles. The van der Waals surface area contributed by atoms with Crippen LogP contribution in [0.15, 0.2) is 47.4 Å². The van der Waals surface area contributed by atoms with Gasteiger partial charge in [-0.05, 0) is 30.2 Å². The van der Waals surface area contributed by atoms with E-state index >= 15 is 0 Å². The fourth-order valence-corrected chi connectivity index (χ4v) is 4.08. The van der Waals surface area contributed by atoms with E-state index in [1.54, 1.807) is 37.3 Å². The highest BCUT2D eigenvalue weighted by Crippen LogP contribution is 2.29. The monoisotopic (exact) mass is 387 g/mol. The molecule has 0 amide bonds. The summed E-state index contributed by atoms with van der Waals surface area (Å²) in [6.07, 6.45) is 0. The van der Waals surface area contributed by atoms with Gasteiger partial charge in [0.2, 0.25) is 10.0 Å². The van der Waals surface area contributed by atoms with Crippen molar-refractivity contribution in [2.24, 2.45) is 0 Å². The molecule has 2 rings (SSSR count). The Bertz CT molecular complexity index is 854. The number of rotatable bonds is 5. The Morgan fingerprint density at radius 1 is 1.12 bits per heavy atom. The van der Waals surface area contributed by atoms with Gasteiger partial charge in [0.05, 0.1) is 12.1 Å². The molecule has 1 atom stereocenters. The van der Waals surface area contributed by atoms with Crippen molar-refractivity contribution in [2.75, 3.05) is 7.11 Å². The lowest BCUT2D eigenvalue weighted by Crippen LogP contribution is -2.34. The molecule has 128 valence electrons. The average molecular weight is 388 g/mol. The summed E-state index contributed by atoms with van der Waals surface area (Å²) in [5.41, 5.74) is 1.01. The molecule has 0 aliphatic rings. The summed E-state index contributed by atoms with van der Waals surface area (Å²) in [7, 11) is -2.89. The minimum Gasteiger partial charge on any atom is -0.468 e. The Kier molecular flexibility index (Phi) is 5.87. The van der Waals surface area contributed by atoms with Gasteiger partial charge in [0.1, 0.15) is 10.9 Å². The molecule has 0 saturated heterocycles. The van der Waals surface area contributed by atoms with E-state index in [-0.39, 0.29) is 9.92 Å². The predicted molar refractivity (Wildman–Crippen MR) is 92.7 cm³/mol. The summed E-state index contributed by atoms with van der Waals surface area (Å²) in [6.45, 7) is 1.66. The standard InChI is InChI=1S/C16H15Cl2NO4S/c1-10-8-14(13(18)9-12(10)17)24(21,22)19-15(16(20)23-2)11-6-4-3-5-7-11/h3-9,15,19H,1-2H3. The number of hydrogen-bond donors (Lipinski definition) is 1. The third kappa shape index (κ3) is 4.08. The van der Waals surface area contributed by atoms with Gasteiger partial charge in [0.25, 0.3) is 0 Å². The molecule has 1 N–H and O–H groups in total. The minimum absolute atomic E-state index is 0.0326. The highest BCUT2D eigenvalue weighted by atomic mass is 35.5. The zero-order chi connectivity index (χ0) is 17.9. The molecular weight excluding hydrogens is 373 g/mol. The molecule has 0 spiro atoms. The van der Waals surface area contributed by atoms with Crippen molar-refractivity contribution in [1.82, 2.24) is 4.72 Å². The van der Waals surface area contributed by atoms with Crippen LogP contribution in [0.1, 0.15) is 17.2 Å². The van der Waals surface area contributed by atoms with Gasteiger partial charge < -0.3 is 4.74 Å². The SMILES string of the molecule is COC(=O)C(NS(=O)(=O)c1cc(C)c(Cl)cc1Cl)c1ccccc1. The van der Waals surface area contributed by atoms with Crippen LogP contribution in [0.4, 0.5) is 0 Å². The van der Waals surface area contributed by atoms with E-state index in [2.05, 4.69) is 4.72 Å². The first-order valence-electron chi connectivity index (χ1n) is 6.87. The molecule has 0 saturated carbocycles. The van der Waals surface area contributed by atoms with Gasteiger partial charge in [0, 0.05) is 5.02 Å². The zero-order valence-corrected chi connectivity index (χ0v) is 15.2. The van der Waals surface area contributed by atoms with E-state index in [0.717, 1.165) is 0 Å². The third-order valence-corrected chi connectivity index (χ3v) is 5.64. The second kappa shape index (κ2) is 7.53. The van der Waals surface area contributed by atoms with Crippen LogP contribution in [0.3, 0.4) is 0 Å². The maximum Gasteiger partial charge on any atom is 0.328 e. The van der Waals surface area contributed by atoms with Crippen LogP contribution < -0.4 is 4.72 Å². The lowest BCUT2D eigenvalue weighted by atomic mass is 10.1. The Balaban J connectivity index is 2.45. The molecular formula is C16H15Cl2NO4S. The summed E-state index contributed by atoms with van der Waals surface area (Å²) < 4.78 is 32.4. The second-order valence-electron chi connectivity index (χ2n) is 5.02. The molecule has 0 radical (unpaired) electrons. The molecule has 5 nitrogen and oxygen atoms in total. The molecule has 0 aromatic heterocycles. The normalized spacial score (nSPS) is 12.7. The number of nitrogens with one attached hydrogen (secondary N) is 1. The smallest absolute Gasteiger partial charge is 0.328 e. The predicted octanol–water partition coefficient (Wildman–Crippen LogP) is 3.49. The Labute approximate surface area is 150 Å². The maximum absolute atomic E-state index is 12.7. The molecule has 0 fully saturated rings. The van der Waals surface area contributed by atoms with Crippen molar-refractivity contribution in [2.45, 2.75) is 17.9 Å². The number of halogens is 2. The van der Waals surface area contributed by atoms with E-state index in [9.17, 15) is 13.2 Å². The first-order valence-corrected chi connectivity index (χ1v) is 9.11. The van der Waals surface area contributed by atoms with E-state index in [1.807, 2.05) is 0 Å². The summed E-state index contributed by atoms with van der Waals surface area (Å²) in [5.74, 6) is -0.730. The number of methoxy groups -OCH3 is 1. The lowest BCUT2D eigenvalue weighted by molar-refractivity contribution is -0.142. The second-order valence-corrected chi connectivity index (χ2v) is 7.52. The quantitative estimate of drug-likeness (QED) is 0.796. The van der Waals surface area contributed by atoms with Gasteiger partial charge in [-0.25, -0.2) is 13.2 Å². The van der Waals surface area contributed by atoms with Crippen LogP contribution in [-0.2, 0) is 19.6 Å². The number of carbonyl (C=O) groups excluding carboxylic acids is 1. The van der Waals surface area contributed by atoms with E-state index < -0.39 is 22.0 Å². The largest absolute Gasteiger partial charge is 0.468 e. The number of benzene rings is 2. The van der Waals surface area contributed by atoms with Crippen molar-refractivity contribution < 1.29 is 17.9 Å². The Hall–Kier alpha value is -1.60. The lowest BCUT2D eigenvalue weighted by Gasteiger charge is -2.18. The third-order valence-electron chi connectivity index (χ3n) is 3.35. The van der Waals surface area contributed by atoms with Crippen molar-refractivity contribution in [3.8, 4) is 0 Å².